The average molecular weight is 457 g/mol. The molecule has 170 valence electrons. The van der Waals surface area contributed by atoms with E-state index in [-0.39, 0.29) is 35.4 Å². The fourth-order valence-electron chi connectivity index (χ4n) is 3.60. The highest BCUT2D eigenvalue weighted by Crippen LogP contribution is 2.48. The molecule has 2 heterocycles. The molecule has 0 unspecified atom stereocenters. The van der Waals surface area contributed by atoms with Gasteiger partial charge in [-0.25, -0.2) is 23.1 Å². The molecule has 1 aromatic carbocycles. The maximum Gasteiger partial charge on any atom is 0.419 e. The van der Waals surface area contributed by atoms with Crippen LogP contribution in [0.15, 0.2) is 35.3 Å². The SMILES string of the molecule is Cc1nc(N[C@H](N)c2cccc(C(F)(F)F)c2F)c2cn(C3(C(F)F)CC3)c(=O)cc2n1. The summed E-state index contributed by atoms with van der Waals surface area (Å²) >= 11 is 0. The monoisotopic (exact) mass is 457 g/mol. The zero-order valence-electron chi connectivity index (χ0n) is 16.6. The number of nitrogens with two attached hydrogens (primary N) is 1. The van der Waals surface area contributed by atoms with Gasteiger partial charge in [0.25, 0.3) is 12.0 Å². The summed E-state index contributed by atoms with van der Waals surface area (Å²) in [7, 11) is 0. The number of hydrogen-bond acceptors (Lipinski definition) is 5. The molecule has 1 aliphatic carbocycles. The third-order valence-corrected chi connectivity index (χ3v) is 5.45. The summed E-state index contributed by atoms with van der Waals surface area (Å²) in [6.07, 6.45) is -7.75. The molecule has 1 saturated carbocycles. The molecule has 6 nitrogen and oxygen atoms in total. The topological polar surface area (TPSA) is 85.8 Å². The van der Waals surface area contributed by atoms with Crippen molar-refractivity contribution in [1.29, 1.82) is 0 Å². The van der Waals surface area contributed by atoms with Gasteiger partial charge in [0.2, 0.25) is 0 Å². The van der Waals surface area contributed by atoms with E-state index < -0.39 is 46.8 Å². The minimum absolute atomic E-state index is 0.0318. The van der Waals surface area contributed by atoms with Crippen molar-refractivity contribution in [2.75, 3.05) is 5.32 Å². The first-order chi connectivity index (χ1) is 14.9. The Morgan fingerprint density at radius 2 is 1.91 bits per heavy atom. The number of halogens is 6. The molecule has 0 spiro atoms. The number of anilines is 1. The van der Waals surface area contributed by atoms with E-state index in [0.717, 1.165) is 22.8 Å². The van der Waals surface area contributed by atoms with E-state index in [0.29, 0.717) is 6.07 Å². The fraction of sp³-hybridized carbons (Fsp3) is 0.350. The van der Waals surface area contributed by atoms with Crippen molar-refractivity contribution in [1.82, 2.24) is 14.5 Å². The minimum atomic E-state index is -4.91. The molecule has 3 aromatic rings. The molecule has 1 atom stereocenters. The van der Waals surface area contributed by atoms with Crippen molar-refractivity contribution in [3.8, 4) is 0 Å². The summed E-state index contributed by atoms with van der Waals surface area (Å²) in [6.45, 7) is 1.49. The Balaban J connectivity index is 1.79. The molecule has 4 rings (SSSR count). The molecule has 12 heteroatoms. The third kappa shape index (κ3) is 3.68. The first-order valence-corrected chi connectivity index (χ1v) is 9.51. The average Bonchev–Trinajstić information content (AvgIpc) is 3.48. The van der Waals surface area contributed by atoms with Gasteiger partial charge in [0.05, 0.1) is 16.5 Å². The van der Waals surface area contributed by atoms with E-state index >= 15 is 0 Å². The van der Waals surface area contributed by atoms with Gasteiger partial charge in [-0.2, -0.15) is 13.2 Å². The lowest BCUT2D eigenvalue weighted by molar-refractivity contribution is -0.140. The molecule has 0 amide bonds. The Morgan fingerprint density at radius 1 is 1.22 bits per heavy atom. The maximum absolute atomic E-state index is 14.5. The van der Waals surface area contributed by atoms with E-state index in [2.05, 4.69) is 15.3 Å². The number of alkyl halides is 5. The Labute approximate surface area is 177 Å². The largest absolute Gasteiger partial charge is 0.419 e. The van der Waals surface area contributed by atoms with Crippen molar-refractivity contribution in [3.63, 3.8) is 0 Å². The fourth-order valence-corrected chi connectivity index (χ4v) is 3.60. The Hall–Kier alpha value is -3.15. The quantitative estimate of drug-likeness (QED) is 0.446. The summed E-state index contributed by atoms with van der Waals surface area (Å²) < 4.78 is 81.6. The Kier molecular flexibility index (Phi) is 5.15. The number of rotatable bonds is 5. The van der Waals surface area contributed by atoms with Crippen LogP contribution in [0, 0.1) is 12.7 Å². The van der Waals surface area contributed by atoms with Crippen molar-refractivity contribution in [2.24, 2.45) is 5.73 Å². The van der Waals surface area contributed by atoms with Crippen LogP contribution in [0.3, 0.4) is 0 Å². The van der Waals surface area contributed by atoms with Gasteiger partial charge in [0, 0.05) is 17.8 Å². The molecule has 0 radical (unpaired) electrons. The summed E-state index contributed by atoms with van der Waals surface area (Å²) in [5.74, 6) is -1.39. The van der Waals surface area contributed by atoms with Gasteiger partial charge in [-0.3, -0.25) is 4.79 Å². The second-order valence-corrected chi connectivity index (χ2v) is 7.63. The molecule has 2 aromatic heterocycles. The van der Waals surface area contributed by atoms with Crippen LogP contribution in [-0.4, -0.2) is 21.0 Å². The van der Waals surface area contributed by atoms with Crippen molar-refractivity contribution >= 4 is 16.7 Å². The minimum Gasteiger partial charge on any atom is -0.350 e. The second kappa shape index (κ2) is 7.47. The van der Waals surface area contributed by atoms with E-state index in [9.17, 15) is 31.1 Å². The lowest BCUT2D eigenvalue weighted by Gasteiger charge is -2.21. The number of hydrogen-bond donors (Lipinski definition) is 2. The van der Waals surface area contributed by atoms with Gasteiger partial charge in [-0.05, 0) is 25.8 Å². The molecular weight excluding hydrogens is 440 g/mol. The van der Waals surface area contributed by atoms with Crippen LogP contribution < -0.4 is 16.6 Å². The van der Waals surface area contributed by atoms with E-state index in [1.54, 1.807) is 0 Å². The summed E-state index contributed by atoms with van der Waals surface area (Å²) in [6, 6.07) is 3.77. The number of aryl methyl sites for hydroxylation is 1. The molecule has 0 saturated heterocycles. The van der Waals surface area contributed by atoms with Crippen LogP contribution in [0.25, 0.3) is 10.9 Å². The van der Waals surface area contributed by atoms with E-state index in [1.807, 2.05) is 0 Å². The second-order valence-electron chi connectivity index (χ2n) is 7.63. The first-order valence-electron chi connectivity index (χ1n) is 9.51. The molecular formula is C20H17F6N5O. The van der Waals surface area contributed by atoms with Gasteiger partial charge in [-0.15, -0.1) is 0 Å². The Morgan fingerprint density at radius 3 is 2.50 bits per heavy atom. The Bertz CT molecular complexity index is 1250. The van der Waals surface area contributed by atoms with Crippen molar-refractivity contribution in [2.45, 2.75) is 44.1 Å². The standard InChI is InChI=1S/C20H17F6N5O/c1-9-28-13-7-14(32)31(19(5-6-19)18(22)23)8-11(13)17(29-9)30-16(27)10-3-2-4-12(15(10)21)20(24,25)26/h2-4,7-8,16,18H,5-6,27H2,1H3,(H,28,29,30)/t16-/m0/s1. The lowest BCUT2D eigenvalue weighted by Crippen LogP contribution is -2.35. The van der Waals surface area contributed by atoms with E-state index in [1.165, 1.54) is 13.1 Å². The summed E-state index contributed by atoms with van der Waals surface area (Å²) in [4.78, 5) is 20.7. The van der Waals surface area contributed by atoms with Crippen LogP contribution in [0.2, 0.25) is 0 Å². The highest BCUT2D eigenvalue weighted by atomic mass is 19.4. The number of pyridine rings is 1. The van der Waals surface area contributed by atoms with Crippen molar-refractivity contribution in [3.05, 3.63) is 63.6 Å². The van der Waals surface area contributed by atoms with Gasteiger partial charge in [-0.1, -0.05) is 12.1 Å². The summed E-state index contributed by atoms with van der Waals surface area (Å²) in [5, 5.41) is 2.77. The van der Waals surface area contributed by atoms with Gasteiger partial charge in [0.15, 0.2) is 0 Å². The first kappa shape index (κ1) is 22.1. The highest BCUT2D eigenvalue weighted by Gasteiger charge is 2.53. The number of benzene rings is 1. The van der Waals surface area contributed by atoms with Crippen LogP contribution >= 0.6 is 0 Å². The van der Waals surface area contributed by atoms with Crippen LogP contribution in [0.4, 0.5) is 32.2 Å². The predicted molar refractivity (Wildman–Crippen MR) is 104 cm³/mol. The summed E-state index contributed by atoms with van der Waals surface area (Å²) in [5.41, 5.74) is 1.82. The molecule has 0 aliphatic heterocycles. The van der Waals surface area contributed by atoms with Crippen LogP contribution in [0.5, 0.6) is 0 Å². The zero-order chi connectivity index (χ0) is 23.4. The van der Waals surface area contributed by atoms with Gasteiger partial charge < -0.3 is 15.6 Å². The third-order valence-electron chi connectivity index (χ3n) is 5.45. The molecule has 32 heavy (non-hydrogen) atoms. The maximum atomic E-state index is 14.5. The highest BCUT2D eigenvalue weighted by molar-refractivity contribution is 5.88. The molecule has 3 N–H and O–H groups in total. The van der Waals surface area contributed by atoms with Crippen molar-refractivity contribution < 1.29 is 26.3 Å². The molecule has 1 aliphatic rings. The number of fused-ring (bicyclic) bond motifs is 1. The normalized spacial score (nSPS) is 16.4. The van der Waals surface area contributed by atoms with Gasteiger partial charge in [0.1, 0.15) is 29.2 Å². The van der Waals surface area contributed by atoms with Crippen LogP contribution in [-0.2, 0) is 11.7 Å². The number of nitrogens with zero attached hydrogens (tertiary/aromatic N) is 3. The molecule has 0 bridgehead atoms. The predicted octanol–water partition coefficient (Wildman–Crippen LogP) is 4.08. The lowest BCUT2D eigenvalue weighted by atomic mass is 10.1. The smallest absolute Gasteiger partial charge is 0.350 e. The molecule has 1 fully saturated rings. The zero-order valence-corrected chi connectivity index (χ0v) is 16.6. The van der Waals surface area contributed by atoms with Gasteiger partial charge >= 0.3 is 6.18 Å². The number of aromatic nitrogens is 3. The van der Waals surface area contributed by atoms with E-state index in [4.69, 9.17) is 5.73 Å². The number of nitrogens with one attached hydrogen (secondary N) is 1. The van der Waals surface area contributed by atoms with Crippen LogP contribution in [0.1, 0.15) is 36.0 Å².